The number of alkyl halides is 3. The summed E-state index contributed by atoms with van der Waals surface area (Å²) in [6.45, 7) is 6.94. The Labute approximate surface area is 230 Å². The van der Waals surface area contributed by atoms with Crippen molar-refractivity contribution in [2.45, 2.75) is 39.0 Å². The maximum atomic E-state index is 13.9. The molecule has 0 bridgehead atoms. The standard InChI is InChI=1S/C28H34F3N7O2/c1-17(2)38-26(32)24(27(33)40)25(35-38)19-6-4-18(5-7-19)14-23(39)34-21-9-8-20(22(15-21)28(29,30)31)16-37-12-10-36(3)11-13-37/h4-9,15,17H,10-14,16,32H2,1-3H3,(H2,33,40)(H,34,39). The van der Waals surface area contributed by atoms with Crippen molar-refractivity contribution in [1.29, 1.82) is 0 Å². The molecule has 214 valence electrons. The van der Waals surface area contributed by atoms with Gasteiger partial charge in [0, 0.05) is 50.0 Å². The third kappa shape index (κ3) is 6.62. The van der Waals surface area contributed by atoms with Crippen LogP contribution in [0.4, 0.5) is 24.7 Å². The van der Waals surface area contributed by atoms with Gasteiger partial charge in [-0.1, -0.05) is 30.3 Å². The van der Waals surface area contributed by atoms with E-state index in [1.165, 1.54) is 16.8 Å². The SMILES string of the molecule is CC(C)n1nc(-c2ccc(CC(=O)Nc3ccc(CN4CCN(C)CC4)c(C(F)(F)F)c3)cc2)c(C(N)=O)c1N. The van der Waals surface area contributed by atoms with Crippen LogP contribution >= 0.6 is 0 Å². The first-order valence-electron chi connectivity index (χ1n) is 13.0. The lowest BCUT2D eigenvalue weighted by molar-refractivity contribution is -0.138. The van der Waals surface area contributed by atoms with Gasteiger partial charge in [0.1, 0.15) is 17.1 Å². The fourth-order valence-electron chi connectivity index (χ4n) is 4.76. The molecule has 0 atom stereocenters. The summed E-state index contributed by atoms with van der Waals surface area (Å²) in [7, 11) is 1.99. The molecular weight excluding hydrogens is 523 g/mol. The molecule has 3 aromatic rings. The largest absolute Gasteiger partial charge is 0.416 e. The number of nitrogen functional groups attached to an aromatic ring is 1. The number of piperazine rings is 1. The highest BCUT2D eigenvalue weighted by molar-refractivity contribution is 6.03. The highest BCUT2D eigenvalue weighted by Gasteiger charge is 2.34. The minimum Gasteiger partial charge on any atom is -0.383 e. The lowest BCUT2D eigenvalue weighted by Gasteiger charge is -2.33. The number of hydrogen-bond donors (Lipinski definition) is 3. The van der Waals surface area contributed by atoms with Crippen molar-refractivity contribution in [3.8, 4) is 11.3 Å². The number of carbonyl (C=O) groups excluding carboxylic acids is 2. The number of aromatic nitrogens is 2. The van der Waals surface area contributed by atoms with E-state index >= 15 is 0 Å². The summed E-state index contributed by atoms with van der Waals surface area (Å²) >= 11 is 0. The third-order valence-corrected chi connectivity index (χ3v) is 6.96. The van der Waals surface area contributed by atoms with Gasteiger partial charge in [0.15, 0.2) is 0 Å². The summed E-state index contributed by atoms with van der Waals surface area (Å²) < 4.78 is 43.1. The Morgan fingerprint density at radius 3 is 2.27 bits per heavy atom. The van der Waals surface area contributed by atoms with Gasteiger partial charge in [-0.2, -0.15) is 18.3 Å². The Hall–Kier alpha value is -3.90. The van der Waals surface area contributed by atoms with Gasteiger partial charge in [0.2, 0.25) is 5.91 Å². The van der Waals surface area contributed by atoms with E-state index in [1.54, 1.807) is 24.3 Å². The van der Waals surface area contributed by atoms with Gasteiger partial charge in [-0.3, -0.25) is 14.5 Å². The summed E-state index contributed by atoms with van der Waals surface area (Å²) in [5.41, 5.74) is 12.8. The van der Waals surface area contributed by atoms with E-state index in [0.717, 1.165) is 19.2 Å². The molecule has 1 aromatic heterocycles. The monoisotopic (exact) mass is 557 g/mol. The molecule has 1 fully saturated rings. The summed E-state index contributed by atoms with van der Waals surface area (Å²) in [5.74, 6) is -0.983. The molecule has 12 heteroatoms. The number of primary amides is 1. The van der Waals surface area contributed by atoms with Crippen molar-refractivity contribution >= 4 is 23.3 Å². The van der Waals surface area contributed by atoms with Crippen molar-refractivity contribution in [3.05, 3.63) is 64.7 Å². The highest BCUT2D eigenvalue weighted by atomic mass is 19.4. The quantitative estimate of drug-likeness (QED) is 0.388. The smallest absolute Gasteiger partial charge is 0.383 e. The van der Waals surface area contributed by atoms with Crippen molar-refractivity contribution in [2.75, 3.05) is 44.3 Å². The normalized spacial score (nSPS) is 15.0. The van der Waals surface area contributed by atoms with E-state index in [4.69, 9.17) is 11.5 Å². The first kappa shape index (κ1) is 29.1. The number of carbonyl (C=O) groups is 2. The molecule has 0 aliphatic carbocycles. The summed E-state index contributed by atoms with van der Waals surface area (Å²) in [6.07, 6.45) is -4.61. The van der Waals surface area contributed by atoms with Crippen LogP contribution in [0.15, 0.2) is 42.5 Å². The Kier molecular flexibility index (Phi) is 8.50. The molecule has 0 saturated carbocycles. The van der Waals surface area contributed by atoms with E-state index in [2.05, 4.69) is 15.3 Å². The number of benzene rings is 2. The molecule has 2 aromatic carbocycles. The van der Waals surface area contributed by atoms with Crippen LogP contribution in [0.1, 0.15) is 46.9 Å². The van der Waals surface area contributed by atoms with Gasteiger partial charge in [-0.15, -0.1) is 0 Å². The summed E-state index contributed by atoms with van der Waals surface area (Å²) in [5, 5.41) is 7.02. The van der Waals surface area contributed by atoms with E-state index in [-0.39, 0.29) is 41.6 Å². The van der Waals surface area contributed by atoms with Crippen LogP contribution in [0.5, 0.6) is 0 Å². The number of nitrogens with two attached hydrogens (primary N) is 2. The van der Waals surface area contributed by atoms with Gasteiger partial charge in [-0.05, 0) is 44.2 Å². The van der Waals surface area contributed by atoms with Crippen LogP contribution in [0.2, 0.25) is 0 Å². The molecule has 1 saturated heterocycles. The number of nitrogens with zero attached hydrogens (tertiary/aromatic N) is 4. The van der Waals surface area contributed by atoms with Crippen LogP contribution in [0.3, 0.4) is 0 Å². The molecule has 9 nitrogen and oxygen atoms in total. The molecule has 0 spiro atoms. The molecule has 4 rings (SSSR count). The van der Waals surface area contributed by atoms with Crippen LogP contribution in [-0.2, 0) is 23.9 Å². The Bertz CT molecular complexity index is 1380. The predicted molar refractivity (Wildman–Crippen MR) is 148 cm³/mol. The molecule has 2 heterocycles. The lowest BCUT2D eigenvalue weighted by atomic mass is 10.0. The van der Waals surface area contributed by atoms with Crippen LogP contribution < -0.4 is 16.8 Å². The van der Waals surface area contributed by atoms with Gasteiger partial charge in [0.05, 0.1) is 12.0 Å². The highest BCUT2D eigenvalue weighted by Crippen LogP contribution is 2.35. The topological polar surface area (TPSA) is 123 Å². The zero-order chi connectivity index (χ0) is 29.2. The van der Waals surface area contributed by atoms with Crippen molar-refractivity contribution in [1.82, 2.24) is 19.6 Å². The molecular formula is C28H34F3N7O2. The first-order chi connectivity index (χ1) is 18.8. The van der Waals surface area contributed by atoms with E-state index in [1.807, 2.05) is 25.8 Å². The van der Waals surface area contributed by atoms with Crippen LogP contribution in [-0.4, -0.2) is 64.6 Å². The minimum atomic E-state index is -4.55. The lowest BCUT2D eigenvalue weighted by Crippen LogP contribution is -2.44. The Morgan fingerprint density at radius 2 is 1.70 bits per heavy atom. The third-order valence-electron chi connectivity index (χ3n) is 6.96. The molecule has 1 aliphatic rings. The zero-order valence-electron chi connectivity index (χ0n) is 22.8. The van der Waals surface area contributed by atoms with Crippen molar-refractivity contribution in [2.24, 2.45) is 5.73 Å². The fraction of sp³-hybridized carbons (Fsp3) is 0.393. The number of halogens is 3. The van der Waals surface area contributed by atoms with Crippen molar-refractivity contribution < 1.29 is 22.8 Å². The fourth-order valence-corrected chi connectivity index (χ4v) is 4.76. The number of amides is 2. The maximum absolute atomic E-state index is 13.9. The molecule has 1 aliphatic heterocycles. The number of rotatable bonds is 8. The summed E-state index contributed by atoms with van der Waals surface area (Å²) in [4.78, 5) is 28.9. The zero-order valence-corrected chi connectivity index (χ0v) is 22.8. The Morgan fingerprint density at radius 1 is 1.05 bits per heavy atom. The molecule has 5 N–H and O–H groups in total. The first-order valence-corrected chi connectivity index (χ1v) is 13.0. The van der Waals surface area contributed by atoms with Gasteiger partial charge < -0.3 is 21.7 Å². The second kappa shape index (κ2) is 11.7. The number of likely N-dealkylation sites (N-methyl/N-ethyl adjacent to an activating group) is 1. The maximum Gasteiger partial charge on any atom is 0.416 e. The van der Waals surface area contributed by atoms with Gasteiger partial charge >= 0.3 is 6.18 Å². The molecule has 2 amide bonds. The van der Waals surface area contributed by atoms with E-state index < -0.39 is 23.6 Å². The second-order valence-electron chi connectivity index (χ2n) is 10.4. The average Bonchev–Trinajstić information content (AvgIpc) is 3.23. The van der Waals surface area contributed by atoms with E-state index in [9.17, 15) is 22.8 Å². The minimum absolute atomic E-state index is 0.0596. The van der Waals surface area contributed by atoms with Crippen LogP contribution in [0.25, 0.3) is 11.3 Å². The number of hydrogen-bond acceptors (Lipinski definition) is 6. The Balaban J connectivity index is 1.46. The van der Waals surface area contributed by atoms with Gasteiger partial charge in [0.25, 0.3) is 5.91 Å². The molecule has 0 unspecified atom stereocenters. The van der Waals surface area contributed by atoms with Crippen molar-refractivity contribution in [3.63, 3.8) is 0 Å². The summed E-state index contributed by atoms with van der Waals surface area (Å²) in [6, 6.07) is 10.6. The molecule has 40 heavy (non-hydrogen) atoms. The predicted octanol–water partition coefficient (Wildman–Crippen LogP) is 3.76. The number of anilines is 2. The second-order valence-corrected chi connectivity index (χ2v) is 10.4. The van der Waals surface area contributed by atoms with E-state index in [0.29, 0.717) is 29.9 Å². The van der Waals surface area contributed by atoms with Crippen LogP contribution in [0, 0.1) is 0 Å². The average molecular weight is 558 g/mol. The number of nitrogens with one attached hydrogen (secondary N) is 1. The molecule has 0 radical (unpaired) electrons. The van der Waals surface area contributed by atoms with Gasteiger partial charge in [-0.25, -0.2) is 4.68 Å².